The molecule has 0 fully saturated rings. The molecular formula is C9H12N4O. The number of amidine groups is 1. The zero-order valence-corrected chi connectivity index (χ0v) is 8.16. The molecule has 5 nitrogen and oxygen atoms in total. The van der Waals surface area contributed by atoms with E-state index in [2.05, 4.69) is 15.5 Å². The van der Waals surface area contributed by atoms with E-state index in [4.69, 9.17) is 10.1 Å². The molecule has 0 aromatic heterocycles. The molecule has 2 aliphatic heterocycles. The molecule has 1 atom stereocenters. The third kappa shape index (κ3) is 1.35. The van der Waals surface area contributed by atoms with E-state index in [0.717, 1.165) is 11.1 Å². The largest absolute Gasteiger partial charge is 0.380 e. The van der Waals surface area contributed by atoms with Gasteiger partial charge in [-0.2, -0.15) is 0 Å². The van der Waals surface area contributed by atoms with Gasteiger partial charge in [0.15, 0.2) is 11.7 Å². The van der Waals surface area contributed by atoms with Gasteiger partial charge in [0.1, 0.15) is 0 Å². The highest BCUT2D eigenvalue weighted by atomic mass is 16.5. The summed E-state index contributed by atoms with van der Waals surface area (Å²) in [6, 6.07) is 0.212. The van der Waals surface area contributed by atoms with E-state index >= 15 is 0 Å². The van der Waals surface area contributed by atoms with Gasteiger partial charge >= 0.3 is 0 Å². The van der Waals surface area contributed by atoms with Crippen molar-refractivity contribution in [2.45, 2.75) is 13.0 Å². The van der Waals surface area contributed by atoms with E-state index in [0.29, 0.717) is 12.4 Å². The van der Waals surface area contributed by atoms with Gasteiger partial charge in [-0.1, -0.05) is 6.08 Å². The molecule has 1 unspecified atom stereocenters. The normalized spacial score (nSPS) is 24.9. The first-order valence-corrected chi connectivity index (χ1v) is 4.44. The summed E-state index contributed by atoms with van der Waals surface area (Å²) in [4.78, 5) is 0. The second-order valence-electron chi connectivity index (χ2n) is 3.33. The topological polar surface area (TPSA) is 69.8 Å². The summed E-state index contributed by atoms with van der Waals surface area (Å²) in [7, 11) is 1.64. The summed E-state index contributed by atoms with van der Waals surface area (Å²) in [5.41, 5.74) is 1.76. The van der Waals surface area contributed by atoms with Gasteiger partial charge < -0.3 is 10.1 Å². The summed E-state index contributed by atoms with van der Waals surface area (Å²) >= 11 is 0. The number of dihydropyridines is 1. The third-order valence-corrected chi connectivity index (χ3v) is 2.16. The zero-order chi connectivity index (χ0) is 10.1. The fraction of sp³-hybridized carbons (Fsp3) is 0.444. The first-order chi connectivity index (χ1) is 6.72. The molecule has 2 aliphatic rings. The van der Waals surface area contributed by atoms with Crippen LogP contribution < -0.4 is 5.32 Å². The summed E-state index contributed by atoms with van der Waals surface area (Å²) in [5.74, 6) is 0.903. The standard InChI is InChI=1S/C9H12N4O/c1-5-3-6(4-14-2)7-8(10)12-13-9(7)11-5/h3,5,10-11H,4H2,1-2H3. The van der Waals surface area contributed by atoms with E-state index < -0.39 is 0 Å². The van der Waals surface area contributed by atoms with Crippen LogP contribution in [0, 0.1) is 5.41 Å². The second-order valence-corrected chi connectivity index (χ2v) is 3.33. The van der Waals surface area contributed by atoms with Gasteiger partial charge in [-0.3, -0.25) is 5.41 Å². The second kappa shape index (κ2) is 3.34. The highest BCUT2D eigenvalue weighted by Gasteiger charge is 2.26. The van der Waals surface area contributed by atoms with Crippen molar-refractivity contribution in [1.29, 1.82) is 5.41 Å². The Kier molecular flexibility index (Phi) is 2.17. The first-order valence-electron chi connectivity index (χ1n) is 4.44. The van der Waals surface area contributed by atoms with Crippen LogP contribution in [-0.2, 0) is 4.74 Å². The Morgan fingerprint density at radius 2 is 2.36 bits per heavy atom. The number of methoxy groups -OCH3 is 1. The van der Waals surface area contributed by atoms with Gasteiger partial charge in [0.05, 0.1) is 12.2 Å². The number of hydrogen-bond donors (Lipinski definition) is 2. The molecule has 0 spiro atoms. The molecule has 14 heavy (non-hydrogen) atoms. The molecule has 0 saturated heterocycles. The monoisotopic (exact) mass is 192 g/mol. The van der Waals surface area contributed by atoms with Crippen LogP contribution in [0.3, 0.4) is 0 Å². The quantitative estimate of drug-likeness (QED) is 0.690. The van der Waals surface area contributed by atoms with E-state index in [1.807, 2.05) is 13.0 Å². The third-order valence-electron chi connectivity index (χ3n) is 2.16. The highest BCUT2D eigenvalue weighted by molar-refractivity contribution is 6.02. The molecule has 0 amide bonds. The smallest absolute Gasteiger partial charge is 0.178 e. The van der Waals surface area contributed by atoms with E-state index in [9.17, 15) is 0 Å². The molecule has 0 radical (unpaired) electrons. The molecular weight excluding hydrogens is 180 g/mol. The van der Waals surface area contributed by atoms with E-state index in [1.54, 1.807) is 7.11 Å². The average Bonchev–Trinajstić information content (AvgIpc) is 2.48. The van der Waals surface area contributed by atoms with Crippen molar-refractivity contribution in [1.82, 2.24) is 5.32 Å². The minimum Gasteiger partial charge on any atom is -0.380 e. The van der Waals surface area contributed by atoms with Crippen molar-refractivity contribution in [2.24, 2.45) is 10.2 Å². The maximum absolute atomic E-state index is 7.59. The number of azo groups is 1. The van der Waals surface area contributed by atoms with Crippen LogP contribution >= 0.6 is 0 Å². The molecule has 2 rings (SSSR count). The Hall–Kier alpha value is -1.49. The van der Waals surface area contributed by atoms with Crippen LogP contribution in [0.5, 0.6) is 0 Å². The van der Waals surface area contributed by atoms with Crippen LogP contribution in [0.1, 0.15) is 6.92 Å². The molecule has 0 aliphatic carbocycles. The first kappa shape index (κ1) is 9.08. The van der Waals surface area contributed by atoms with Gasteiger partial charge in [0.25, 0.3) is 0 Å². The van der Waals surface area contributed by atoms with Crippen molar-refractivity contribution in [3.8, 4) is 0 Å². The highest BCUT2D eigenvalue weighted by Crippen LogP contribution is 2.26. The summed E-state index contributed by atoms with van der Waals surface area (Å²) < 4.78 is 5.08. The van der Waals surface area contributed by atoms with E-state index in [1.165, 1.54) is 0 Å². The molecule has 0 saturated carbocycles. The molecule has 74 valence electrons. The van der Waals surface area contributed by atoms with Crippen LogP contribution in [0.15, 0.2) is 33.3 Å². The Balaban J connectivity index is 2.34. The number of rotatable bonds is 2. The summed E-state index contributed by atoms with van der Waals surface area (Å²) in [5, 5.41) is 18.4. The van der Waals surface area contributed by atoms with Crippen LogP contribution in [0.2, 0.25) is 0 Å². The minimum absolute atomic E-state index is 0.211. The van der Waals surface area contributed by atoms with Crippen LogP contribution in [0.4, 0.5) is 0 Å². The van der Waals surface area contributed by atoms with Crippen molar-refractivity contribution in [2.75, 3.05) is 13.7 Å². The van der Waals surface area contributed by atoms with Crippen LogP contribution in [-0.4, -0.2) is 25.6 Å². The molecule has 2 N–H and O–H groups in total. The fourth-order valence-corrected chi connectivity index (χ4v) is 1.64. The number of nitrogens with one attached hydrogen (secondary N) is 2. The fourth-order valence-electron chi connectivity index (χ4n) is 1.64. The maximum atomic E-state index is 7.59. The maximum Gasteiger partial charge on any atom is 0.178 e. The lowest BCUT2D eigenvalue weighted by molar-refractivity contribution is 0.226. The van der Waals surface area contributed by atoms with Gasteiger partial charge in [0, 0.05) is 13.2 Å². The average molecular weight is 192 g/mol. The number of nitrogens with zero attached hydrogens (tertiary/aromatic N) is 2. The van der Waals surface area contributed by atoms with Gasteiger partial charge in [0.2, 0.25) is 0 Å². The summed E-state index contributed by atoms with van der Waals surface area (Å²) in [6.45, 7) is 2.52. The Labute approximate surface area is 82.1 Å². The van der Waals surface area contributed by atoms with Gasteiger partial charge in [-0.15, -0.1) is 10.2 Å². The molecule has 0 bridgehead atoms. The minimum atomic E-state index is 0.211. The van der Waals surface area contributed by atoms with Crippen molar-refractivity contribution < 1.29 is 4.74 Å². The lowest BCUT2D eigenvalue weighted by Crippen LogP contribution is -2.29. The molecule has 2 heterocycles. The summed E-state index contributed by atoms with van der Waals surface area (Å²) in [6.07, 6.45) is 2.03. The lowest BCUT2D eigenvalue weighted by Gasteiger charge is -2.20. The zero-order valence-electron chi connectivity index (χ0n) is 8.16. The van der Waals surface area contributed by atoms with E-state index in [-0.39, 0.29) is 11.9 Å². The van der Waals surface area contributed by atoms with Crippen molar-refractivity contribution in [3.05, 3.63) is 23.0 Å². The van der Waals surface area contributed by atoms with Crippen molar-refractivity contribution in [3.63, 3.8) is 0 Å². The predicted octanol–water partition coefficient (Wildman–Crippen LogP) is 1.21. The van der Waals surface area contributed by atoms with Crippen molar-refractivity contribution >= 4 is 5.84 Å². The number of hydrogen-bond acceptors (Lipinski definition) is 4. The number of ether oxygens (including phenoxy) is 1. The Bertz CT molecular complexity index is 367. The molecule has 0 aromatic carbocycles. The molecule has 0 aromatic rings. The lowest BCUT2D eigenvalue weighted by atomic mass is 10.0. The van der Waals surface area contributed by atoms with Gasteiger partial charge in [-0.05, 0) is 12.5 Å². The Morgan fingerprint density at radius 1 is 1.57 bits per heavy atom. The molecule has 5 heteroatoms. The van der Waals surface area contributed by atoms with Gasteiger partial charge in [-0.25, -0.2) is 0 Å². The SMILES string of the molecule is COCC1=CC(C)NC2=C1C(=N)N=N2. The predicted molar refractivity (Wildman–Crippen MR) is 52.2 cm³/mol. The van der Waals surface area contributed by atoms with Crippen LogP contribution in [0.25, 0.3) is 0 Å². The Morgan fingerprint density at radius 3 is 3.07 bits per heavy atom.